The van der Waals surface area contributed by atoms with Crippen LogP contribution in [0.2, 0.25) is 10.0 Å². The van der Waals surface area contributed by atoms with Gasteiger partial charge in [0.05, 0.1) is 25.8 Å². The summed E-state index contributed by atoms with van der Waals surface area (Å²) in [5, 5.41) is 14.9. The van der Waals surface area contributed by atoms with Gasteiger partial charge in [0.25, 0.3) is 5.91 Å². The molecule has 7 rings (SSSR count). The van der Waals surface area contributed by atoms with E-state index in [1.54, 1.807) is 35.0 Å². The zero-order chi connectivity index (χ0) is 38.8. The van der Waals surface area contributed by atoms with Crippen molar-refractivity contribution in [3.63, 3.8) is 0 Å². The number of nitrogens with zero attached hydrogens (tertiary/aromatic N) is 4. The summed E-state index contributed by atoms with van der Waals surface area (Å²) in [7, 11) is 1.31. The van der Waals surface area contributed by atoms with Gasteiger partial charge in [-0.2, -0.15) is 10.2 Å². The van der Waals surface area contributed by atoms with E-state index in [2.05, 4.69) is 54.0 Å². The van der Waals surface area contributed by atoms with E-state index < -0.39 is 5.97 Å². The topological polar surface area (TPSA) is 143 Å². The van der Waals surface area contributed by atoms with E-state index >= 15 is 0 Å². The second-order valence-electron chi connectivity index (χ2n) is 13.8. The second kappa shape index (κ2) is 15.8. The summed E-state index contributed by atoms with van der Waals surface area (Å²) in [5.74, 6) is 2.63. The van der Waals surface area contributed by atoms with Crippen LogP contribution in [0, 0.1) is 13.8 Å². The molecule has 4 heterocycles. The van der Waals surface area contributed by atoms with Crippen molar-refractivity contribution in [1.82, 2.24) is 19.6 Å². The lowest BCUT2D eigenvalue weighted by atomic mass is 10.1. The molecule has 0 saturated heterocycles. The molecule has 0 aliphatic rings. The number of halogens is 2. The van der Waals surface area contributed by atoms with Crippen LogP contribution in [0.5, 0.6) is 0 Å². The maximum absolute atomic E-state index is 12.6. The van der Waals surface area contributed by atoms with Gasteiger partial charge >= 0.3 is 5.97 Å². The molecule has 0 unspecified atom stereocenters. The van der Waals surface area contributed by atoms with Crippen molar-refractivity contribution < 1.29 is 23.2 Å². The highest BCUT2D eigenvalue weighted by Gasteiger charge is 2.17. The predicted molar refractivity (Wildman–Crippen MR) is 213 cm³/mol. The first-order valence-electron chi connectivity index (χ1n) is 17.5. The summed E-state index contributed by atoms with van der Waals surface area (Å²) in [6, 6.07) is 21.6. The van der Waals surface area contributed by atoms with Gasteiger partial charge in [0, 0.05) is 72.9 Å². The van der Waals surface area contributed by atoms with E-state index in [0.717, 1.165) is 56.0 Å². The number of ether oxygens (including phenoxy) is 1. The second-order valence-corrected chi connectivity index (χ2v) is 14.7. The van der Waals surface area contributed by atoms with Gasteiger partial charge in [0.2, 0.25) is 0 Å². The third-order valence-electron chi connectivity index (χ3n) is 8.92. The summed E-state index contributed by atoms with van der Waals surface area (Å²) in [5.41, 5.74) is 12.0. The summed E-state index contributed by atoms with van der Waals surface area (Å²) < 4.78 is 20.4. The van der Waals surface area contributed by atoms with Crippen LogP contribution in [0.1, 0.15) is 94.3 Å². The van der Waals surface area contributed by atoms with E-state index in [4.69, 9.17) is 37.8 Å². The third kappa shape index (κ3) is 8.48. The Hall–Kier alpha value is -5.52. The highest BCUT2D eigenvalue weighted by atomic mass is 35.5. The molecule has 0 atom stereocenters. The monoisotopic (exact) mass is 768 g/mol. The molecule has 0 saturated carbocycles. The van der Waals surface area contributed by atoms with Crippen molar-refractivity contribution in [2.24, 2.45) is 0 Å². The summed E-state index contributed by atoms with van der Waals surface area (Å²) in [4.78, 5) is 24.2. The summed E-state index contributed by atoms with van der Waals surface area (Å²) in [6.07, 6.45) is 0. The van der Waals surface area contributed by atoms with Crippen molar-refractivity contribution in [2.45, 2.75) is 66.5 Å². The minimum absolute atomic E-state index is 0.263. The molecule has 0 aliphatic carbocycles. The number of carbonyl (C=O) groups excluding carboxylic acids is 2. The summed E-state index contributed by atoms with van der Waals surface area (Å²) >= 11 is 12.6. The first-order valence-corrected chi connectivity index (χ1v) is 18.2. The average Bonchev–Trinajstić information content (AvgIpc) is 3.90. The smallest absolute Gasteiger partial charge is 0.337 e. The number of anilines is 2. The van der Waals surface area contributed by atoms with E-state index in [-0.39, 0.29) is 11.8 Å². The number of fused-ring (bicyclic) bond motifs is 2. The molecule has 7 aromatic rings. The fourth-order valence-electron chi connectivity index (χ4n) is 6.03. The van der Waals surface area contributed by atoms with Gasteiger partial charge in [0.15, 0.2) is 5.82 Å². The molecule has 13 heteroatoms. The van der Waals surface area contributed by atoms with Gasteiger partial charge in [-0.1, -0.05) is 50.9 Å². The zero-order valence-electron chi connectivity index (χ0n) is 31.2. The van der Waals surface area contributed by atoms with Crippen molar-refractivity contribution in [2.75, 3.05) is 18.2 Å². The maximum Gasteiger partial charge on any atom is 0.337 e. The quantitative estimate of drug-likeness (QED) is 0.138. The van der Waals surface area contributed by atoms with Gasteiger partial charge in [-0.05, 0) is 74.5 Å². The van der Waals surface area contributed by atoms with Crippen LogP contribution in [-0.4, -0.2) is 38.5 Å². The number of nitrogens with one attached hydrogen (secondary N) is 1. The highest BCUT2D eigenvalue weighted by Crippen LogP contribution is 2.32. The number of aromatic nitrogens is 4. The van der Waals surface area contributed by atoms with Crippen molar-refractivity contribution >= 4 is 68.7 Å². The van der Waals surface area contributed by atoms with Gasteiger partial charge in [0.1, 0.15) is 28.5 Å². The molecule has 3 aromatic carbocycles. The van der Waals surface area contributed by atoms with Crippen molar-refractivity contribution in [3.05, 3.63) is 128 Å². The van der Waals surface area contributed by atoms with Crippen LogP contribution in [0.15, 0.2) is 81.6 Å². The molecule has 3 N–H and O–H groups in total. The lowest BCUT2D eigenvalue weighted by Gasteiger charge is -2.07. The molecule has 0 radical (unpaired) electrons. The van der Waals surface area contributed by atoms with Crippen LogP contribution >= 0.6 is 23.2 Å². The number of amides is 1. The normalized spacial score (nSPS) is 11.4. The Morgan fingerprint density at radius 2 is 1.22 bits per heavy atom. The molecule has 11 nitrogen and oxygen atoms in total. The van der Waals surface area contributed by atoms with Crippen molar-refractivity contribution in [3.8, 4) is 0 Å². The number of carbonyl (C=O) groups is 2. The van der Waals surface area contributed by atoms with E-state index in [9.17, 15) is 9.59 Å². The minimum atomic E-state index is -0.455. The lowest BCUT2D eigenvalue weighted by Crippen LogP contribution is -2.13. The molecule has 4 aromatic heterocycles. The van der Waals surface area contributed by atoms with Gasteiger partial charge < -0.3 is 24.6 Å². The lowest BCUT2D eigenvalue weighted by molar-refractivity contribution is 0.0600. The predicted octanol–water partition coefficient (Wildman–Crippen LogP) is 10.1. The number of aryl methyl sites for hydroxylation is 2. The van der Waals surface area contributed by atoms with E-state index in [0.29, 0.717) is 51.8 Å². The SMILES string of the molecule is COC(=O)c1ccc(C(=O)Nc2cc(C)n(Cc3cc(Cl)cc4cc(C(C)C)oc34)n2)cc1.Cc1cc(N)nn1Cc1cc(Cl)cc2cc(C(C)C)oc12. The molecule has 54 heavy (non-hydrogen) atoms. The fourth-order valence-corrected chi connectivity index (χ4v) is 6.53. The third-order valence-corrected chi connectivity index (χ3v) is 9.36. The number of esters is 1. The fraction of sp³-hybridized carbons (Fsp3) is 0.268. The molecule has 0 fully saturated rings. The number of furan rings is 2. The number of nitrogen functional groups attached to an aromatic ring is 1. The minimum Gasteiger partial charge on any atom is -0.465 e. The Labute approximate surface area is 323 Å². The summed E-state index contributed by atoms with van der Waals surface area (Å²) in [6.45, 7) is 13.3. The number of hydrogen-bond donors (Lipinski definition) is 2. The standard InChI is InChI=1S/C25H24ClN3O4.C16H18ClN3O/c1-14(2)21-12-18-10-20(26)11-19(23(18)33-21)13-29-15(3)9-22(28-29)27-24(30)16-5-7-17(8-6-16)25(31)32-4;1-9(2)14-7-11-5-13(17)6-12(16(11)21-14)8-20-10(3)4-15(18)19-20/h5-12,14H,13H2,1-4H3,(H,27,28,30);4-7,9H,8H2,1-3H3,(H2,18,19). The molecular formula is C41H42Cl2N6O5. The largest absolute Gasteiger partial charge is 0.465 e. The van der Waals surface area contributed by atoms with Gasteiger partial charge in [-0.15, -0.1) is 0 Å². The molecule has 0 spiro atoms. The molecule has 0 aliphatic heterocycles. The Morgan fingerprint density at radius 3 is 1.69 bits per heavy atom. The first-order chi connectivity index (χ1) is 25.7. The van der Waals surface area contributed by atoms with Gasteiger partial charge in [-0.3, -0.25) is 14.2 Å². The Kier molecular flexibility index (Phi) is 11.2. The Morgan fingerprint density at radius 1 is 0.741 bits per heavy atom. The van der Waals surface area contributed by atoms with E-state index in [1.165, 1.54) is 7.11 Å². The first kappa shape index (κ1) is 38.2. The zero-order valence-corrected chi connectivity index (χ0v) is 32.7. The van der Waals surface area contributed by atoms with Gasteiger partial charge in [-0.25, -0.2) is 4.79 Å². The number of nitrogens with two attached hydrogens (primary N) is 1. The van der Waals surface area contributed by atoms with Crippen LogP contribution in [0.3, 0.4) is 0 Å². The average molecular weight is 770 g/mol. The van der Waals surface area contributed by atoms with E-state index in [1.807, 2.05) is 54.9 Å². The highest BCUT2D eigenvalue weighted by molar-refractivity contribution is 6.31. The molecule has 0 bridgehead atoms. The molecular weight excluding hydrogens is 727 g/mol. The van der Waals surface area contributed by atoms with Crippen LogP contribution in [0.4, 0.5) is 11.6 Å². The number of benzene rings is 3. The maximum atomic E-state index is 12.6. The van der Waals surface area contributed by atoms with Crippen LogP contribution < -0.4 is 11.1 Å². The van der Waals surface area contributed by atoms with Crippen LogP contribution in [0.25, 0.3) is 21.9 Å². The molecule has 1 amide bonds. The number of methoxy groups -OCH3 is 1. The Balaban J connectivity index is 0.000000203. The van der Waals surface area contributed by atoms with Crippen molar-refractivity contribution in [1.29, 1.82) is 0 Å². The Bertz CT molecular complexity index is 2470. The molecule has 280 valence electrons. The number of hydrogen-bond acceptors (Lipinski definition) is 8. The van der Waals surface area contributed by atoms with Crippen LogP contribution in [-0.2, 0) is 17.8 Å². The number of rotatable bonds is 9.